The first-order valence-electron chi connectivity index (χ1n) is 29.7. The summed E-state index contributed by atoms with van der Waals surface area (Å²) in [6, 6.07) is 47.0. The Kier molecular flexibility index (Phi) is 15.0. The van der Waals surface area contributed by atoms with E-state index in [1.54, 1.807) is 12.5 Å². The molecular weight excluding hydrogens is 1090 g/mol. The number of para-hydroxylation sites is 4. The molecule has 0 saturated carbocycles. The first-order valence-corrected chi connectivity index (χ1v) is 29.7. The van der Waals surface area contributed by atoms with Gasteiger partial charge in [-0.3, -0.25) is 19.2 Å². The summed E-state index contributed by atoms with van der Waals surface area (Å²) in [5.74, 6) is -0.678. The van der Waals surface area contributed by atoms with Crippen LogP contribution in [-0.2, 0) is 20.9 Å². The number of amides is 4. The fourth-order valence-electron chi connectivity index (χ4n) is 12.4. The van der Waals surface area contributed by atoms with Gasteiger partial charge in [-0.15, -0.1) is 0 Å². The van der Waals surface area contributed by atoms with Crippen molar-refractivity contribution in [3.05, 3.63) is 198 Å². The molecule has 17 heteroatoms. The molecule has 6 N–H and O–H groups in total. The van der Waals surface area contributed by atoms with Gasteiger partial charge < -0.3 is 50.5 Å². The van der Waals surface area contributed by atoms with E-state index in [1.165, 1.54) is 0 Å². The van der Waals surface area contributed by atoms with Crippen LogP contribution in [0.2, 0.25) is 0 Å². The maximum atomic E-state index is 14.6. The Morgan fingerprint density at radius 2 is 0.851 bits per heavy atom. The Morgan fingerprint density at radius 3 is 1.28 bits per heavy atom. The van der Waals surface area contributed by atoms with Crippen LogP contribution in [0.5, 0.6) is 0 Å². The molecule has 432 valence electrons. The third-order valence-corrected chi connectivity index (χ3v) is 16.9. The molecule has 87 heavy (non-hydrogen) atoms. The van der Waals surface area contributed by atoms with Crippen LogP contribution in [0, 0.1) is 0 Å². The fourth-order valence-corrected chi connectivity index (χ4v) is 12.4. The van der Waals surface area contributed by atoms with Gasteiger partial charge in [0.25, 0.3) is 5.91 Å². The molecule has 3 unspecified atom stereocenters. The van der Waals surface area contributed by atoms with E-state index in [2.05, 4.69) is 50.9 Å². The molecule has 9 aromatic rings. The maximum absolute atomic E-state index is 14.6. The summed E-state index contributed by atoms with van der Waals surface area (Å²) < 4.78 is 1.96. The molecule has 0 radical (unpaired) electrons. The number of benzene rings is 5. The first-order chi connectivity index (χ1) is 42.7. The van der Waals surface area contributed by atoms with Gasteiger partial charge in [0, 0.05) is 192 Å². The zero-order valence-electron chi connectivity index (χ0n) is 47.9. The van der Waals surface area contributed by atoms with Crippen molar-refractivity contribution in [2.45, 2.75) is 25.8 Å². The van der Waals surface area contributed by atoms with E-state index in [4.69, 9.17) is 9.97 Å². The molecule has 1 fully saturated rings. The molecule has 4 amide bonds. The predicted molar refractivity (Wildman–Crippen MR) is 345 cm³/mol. The van der Waals surface area contributed by atoms with Crippen LogP contribution in [-0.4, -0.2) is 127 Å². The lowest BCUT2D eigenvalue weighted by molar-refractivity contribution is -0.117. The van der Waals surface area contributed by atoms with Gasteiger partial charge in [-0.2, -0.15) is 0 Å². The molecule has 3 atom stereocenters. The van der Waals surface area contributed by atoms with Gasteiger partial charge in [0.2, 0.25) is 17.7 Å². The van der Waals surface area contributed by atoms with Crippen LogP contribution in [0.1, 0.15) is 58.0 Å². The number of nitrogens with one attached hydrogen (secondary N) is 6. The maximum Gasteiger partial charge on any atom is 0.255 e. The second-order valence-electron chi connectivity index (χ2n) is 22.5. The number of H-pyrrole nitrogens is 2. The van der Waals surface area contributed by atoms with E-state index in [1.807, 2.05) is 181 Å². The van der Waals surface area contributed by atoms with Crippen molar-refractivity contribution in [2.24, 2.45) is 0 Å². The van der Waals surface area contributed by atoms with E-state index in [-0.39, 0.29) is 42.9 Å². The van der Waals surface area contributed by atoms with Crippen LogP contribution in [0.15, 0.2) is 164 Å². The summed E-state index contributed by atoms with van der Waals surface area (Å²) in [4.78, 5) is 88.0. The molecule has 4 aromatic heterocycles. The predicted octanol–water partition coefficient (Wildman–Crippen LogP) is 11.8. The minimum Gasteiger partial charge on any atom is -0.354 e. The number of aromatic nitrogens is 6. The second kappa shape index (κ2) is 24.0. The summed E-state index contributed by atoms with van der Waals surface area (Å²) in [5.41, 5.74) is 15.0. The topological polar surface area (TPSA) is 201 Å². The fraction of sp³-hybridized carbons (Fsp3) is 0.186. The monoisotopic (exact) mass is 1150 g/mol. The van der Waals surface area contributed by atoms with Gasteiger partial charge in [-0.05, 0) is 90.5 Å². The number of carbonyl (C=O) groups is 4. The molecule has 5 aliphatic rings. The van der Waals surface area contributed by atoms with E-state index in [9.17, 15) is 19.2 Å². The third kappa shape index (κ3) is 11.5. The highest BCUT2D eigenvalue weighted by Gasteiger charge is 2.26. The van der Waals surface area contributed by atoms with Crippen molar-refractivity contribution in [3.63, 3.8) is 0 Å². The molecule has 0 spiro atoms. The molecule has 0 aliphatic carbocycles. The lowest BCUT2D eigenvalue weighted by Gasteiger charge is -2.25. The number of hydrogen-bond donors (Lipinski definition) is 6. The van der Waals surface area contributed by atoms with Crippen LogP contribution < -0.4 is 21.3 Å². The zero-order chi connectivity index (χ0) is 58.8. The van der Waals surface area contributed by atoms with E-state index in [0.29, 0.717) is 150 Å². The Morgan fingerprint density at radius 1 is 0.448 bits per heavy atom. The highest BCUT2D eigenvalue weighted by atomic mass is 16.2. The number of nitrogens with zero attached hydrogens (tertiary/aromatic N) is 7. The molecule has 1 saturated heterocycles. The highest BCUT2D eigenvalue weighted by Crippen LogP contribution is 2.43. The minimum atomic E-state index is -0.284. The summed E-state index contributed by atoms with van der Waals surface area (Å²) in [6.45, 7) is 6.27. The molecule has 5 aromatic carbocycles. The van der Waals surface area contributed by atoms with Gasteiger partial charge in [0.05, 0.1) is 29.1 Å². The number of aromatic amines is 2. The summed E-state index contributed by atoms with van der Waals surface area (Å²) in [6.07, 6.45) is 14.1. The Bertz CT molecular complexity index is 4360. The Hall–Kier alpha value is -10.3. The van der Waals surface area contributed by atoms with E-state index >= 15 is 0 Å². The third-order valence-electron chi connectivity index (χ3n) is 16.9. The van der Waals surface area contributed by atoms with Crippen molar-refractivity contribution in [1.82, 2.24) is 44.2 Å². The van der Waals surface area contributed by atoms with Crippen molar-refractivity contribution >= 4 is 92.7 Å². The van der Waals surface area contributed by atoms with Crippen molar-refractivity contribution in [3.8, 4) is 44.5 Å². The molecule has 9 heterocycles. The number of fused-ring (bicyclic) bond motifs is 17. The Labute approximate surface area is 502 Å². The summed E-state index contributed by atoms with van der Waals surface area (Å²) in [7, 11) is 0. The van der Waals surface area contributed by atoms with Crippen LogP contribution >= 0.6 is 0 Å². The first kappa shape index (κ1) is 54.6. The van der Waals surface area contributed by atoms with Gasteiger partial charge in [-0.1, -0.05) is 84.9 Å². The highest BCUT2D eigenvalue weighted by molar-refractivity contribution is 6.10. The van der Waals surface area contributed by atoms with Crippen molar-refractivity contribution in [2.75, 3.05) is 80.2 Å². The van der Waals surface area contributed by atoms with Gasteiger partial charge in [0.15, 0.2) is 0 Å². The summed E-state index contributed by atoms with van der Waals surface area (Å²) in [5, 5.41) is 13.3. The lowest BCUT2D eigenvalue weighted by Crippen LogP contribution is -2.38. The molecule has 14 bridgehead atoms. The molecular formula is C70H63N13O4. The summed E-state index contributed by atoms with van der Waals surface area (Å²) >= 11 is 0. The number of imidazole rings is 1. The number of anilines is 4. The quantitative estimate of drug-likeness (QED) is 0.0963. The normalized spacial score (nSPS) is 17.8. The largest absolute Gasteiger partial charge is 0.354 e. The zero-order valence-corrected chi connectivity index (χ0v) is 47.9. The number of carbonyl (C=O) groups excluding carboxylic acids is 4. The lowest BCUT2D eigenvalue weighted by atomic mass is 10.0. The molecule has 5 aliphatic heterocycles. The van der Waals surface area contributed by atoms with Gasteiger partial charge in [-0.25, -0.2) is 15.0 Å². The number of hydrogen-bond acceptors (Lipinski definition) is 10. The SMILES string of the molecule is O=C1CCN2CCN3CCC(=O)Nc4ccccc4-c4c5nc(c(-c6ccccc6NC(=O)c6cccc(Cn7ccnc7)c6)c6ccc([nH]6)c(c6nc(c(c7ccc4[nH]7)-c4ccccc4N1)C=C6)-c1ccccc1NC(=O)CCN(CC2)CC3)C=C5. The molecule has 17 nitrogen and oxygen atoms in total. The second-order valence-corrected chi connectivity index (χ2v) is 22.5. The van der Waals surface area contributed by atoms with Crippen LogP contribution in [0.3, 0.4) is 0 Å². The van der Waals surface area contributed by atoms with E-state index < -0.39 is 0 Å². The standard InChI is InChI=1S/C70H63N13O4/c84-63-28-32-80-36-38-81-33-29-64(85)77-52-17-6-2-13-48(52)67-57-22-20-55(72-57)66(47-12-1-5-16-51(47)76-63)56-21-23-58(73-56)68(49-14-3-7-18-53(49)78-65(86)30-34-82(39-37-80)41-40-81)60-25-27-62(75-60)69(61-26-24-59(67)74-61)50-15-4-8-19-54(50)79-70(87)46-11-9-10-45(42-46)43-83-35-31-71-44-83/h1-27,31,35,42,44,72,75H,28-30,32-34,36-41,43H2,(H,76,84)(H,77,85)(H,78,86)(H,79,87). The Balaban J connectivity index is 1.06. The smallest absolute Gasteiger partial charge is 0.255 e. The molecule has 14 rings (SSSR count). The van der Waals surface area contributed by atoms with E-state index in [0.717, 1.165) is 38.9 Å². The van der Waals surface area contributed by atoms with Crippen molar-refractivity contribution in [1.29, 1.82) is 0 Å². The average molecular weight is 1150 g/mol. The van der Waals surface area contributed by atoms with Gasteiger partial charge in [0.1, 0.15) is 0 Å². The minimum absolute atomic E-state index is 0.119. The van der Waals surface area contributed by atoms with Gasteiger partial charge >= 0.3 is 0 Å². The average Bonchev–Trinajstić information content (AvgIpc) is 2.33. The van der Waals surface area contributed by atoms with Crippen molar-refractivity contribution < 1.29 is 19.2 Å². The number of rotatable bonds is 5. The van der Waals surface area contributed by atoms with Crippen LogP contribution in [0.4, 0.5) is 22.7 Å². The van der Waals surface area contributed by atoms with Crippen LogP contribution in [0.25, 0.3) is 90.9 Å².